The molecule has 6 nitrogen and oxygen atoms in total. The van der Waals surface area contributed by atoms with Gasteiger partial charge in [0.05, 0.1) is 12.6 Å². The van der Waals surface area contributed by atoms with Crippen LogP contribution in [-0.4, -0.2) is 34.8 Å². The van der Waals surface area contributed by atoms with Crippen LogP contribution in [0.1, 0.15) is 22.0 Å². The van der Waals surface area contributed by atoms with E-state index < -0.39 is 36.3 Å². The molecule has 0 aliphatic heterocycles. The number of alkyl halides is 3. The molecular weight excluding hydrogens is 279 g/mol. The Labute approximate surface area is 111 Å². The van der Waals surface area contributed by atoms with Crippen molar-refractivity contribution in [2.24, 2.45) is 5.11 Å². The molecule has 0 saturated heterocycles. The quantitative estimate of drug-likeness (QED) is 0.375. The van der Waals surface area contributed by atoms with Gasteiger partial charge in [-0.3, -0.25) is 4.79 Å². The number of aliphatic hydroxyl groups is 2. The topological polar surface area (TPSA) is 106 Å². The molecule has 0 aliphatic rings. The molecule has 2 unspecified atom stereocenters. The smallest absolute Gasteiger partial charge is 0.390 e. The second-order valence-corrected chi connectivity index (χ2v) is 3.88. The molecule has 0 heterocycles. The van der Waals surface area contributed by atoms with E-state index in [0.717, 1.165) is 18.2 Å². The van der Waals surface area contributed by atoms with E-state index in [-0.39, 0.29) is 5.56 Å². The van der Waals surface area contributed by atoms with Crippen LogP contribution in [0.25, 0.3) is 10.4 Å². The van der Waals surface area contributed by atoms with E-state index in [4.69, 9.17) is 5.53 Å². The third kappa shape index (κ3) is 3.95. The maximum absolute atomic E-state index is 12.3. The summed E-state index contributed by atoms with van der Waals surface area (Å²) >= 11 is 0. The van der Waals surface area contributed by atoms with Crippen LogP contribution in [0.5, 0.6) is 0 Å². The Hall–Kier alpha value is -2.09. The van der Waals surface area contributed by atoms with Gasteiger partial charge < -0.3 is 10.2 Å². The van der Waals surface area contributed by atoms with Gasteiger partial charge in [0.15, 0.2) is 0 Å². The Morgan fingerprint density at radius 2 is 2.05 bits per heavy atom. The lowest BCUT2D eigenvalue weighted by Crippen LogP contribution is -2.24. The summed E-state index contributed by atoms with van der Waals surface area (Å²) in [5.41, 5.74) is 7.34. The van der Waals surface area contributed by atoms with Gasteiger partial charge in [0.2, 0.25) is 0 Å². The minimum atomic E-state index is -5.02. The summed E-state index contributed by atoms with van der Waals surface area (Å²) in [7, 11) is 0. The fourth-order valence-corrected chi connectivity index (χ4v) is 1.47. The fourth-order valence-electron chi connectivity index (χ4n) is 1.47. The first kappa shape index (κ1) is 16.0. The number of Topliss-reactive ketones (excluding diaryl/α,β-unsaturated/α-hetero) is 1. The summed E-state index contributed by atoms with van der Waals surface area (Å²) < 4.78 is 36.8. The predicted molar refractivity (Wildman–Crippen MR) is 61.8 cm³/mol. The molecule has 0 spiro atoms. The summed E-state index contributed by atoms with van der Waals surface area (Å²) in [5.74, 6) is -2.05. The maximum atomic E-state index is 12.3. The van der Waals surface area contributed by atoms with Gasteiger partial charge in [-0.05, 0) is 17.2 Å². The molecule has 0 saturated carbocycles. The Balaban J connectivity index is 2.98. The summed E-state index contributed by atoms with van der Waals surface area (Å²) in [6, 6.07) is 4.18. The number of hydrogen-bond acceptors (Lipinski definition) is 4. The van der Waals surface area contributed by atoms with Gasteiger partial charge in [0.1, 0.15) is 6.10 Å². The number of aliphatic hydroxyl groups excluding tert-OH is 2. The maximum Gasteiger partial charge on any atom is 0.454 e. The number of benzene rings is 1. The van der Waals surface area contributed by atoms with E-state index in [2.05, 4.69) is 10.0 Å². The Morgan fingerprint density at radius 3 is 2.60 bits per heavy atom. The highest BCUT2D eigenvalue weighted by Gasteiger charge is 2.39. The second-order valence-electron chi connectivity index (χ2n) is 3.88. The molecule has 1 rings (SSSR count). The molecule has 9 heteroatoms. The van der Waals surface area contributed by atoms with Crippen molar-refractivity contribution in [2.75, 3.05) is 6.54 Å². The summed E-state index contributed by atoms with van der Waals surface area (Å²) in [6.45, 7) is -0.449. The lowest BCUT2D eigenvalue weighted by atomic mass is 10.00. The number of carbonyl (C=O) groups is 1. The molecule has 20 heavy (non-hydrogen) atoms. The van der Waals surface area contributed by atoms with E-state index in [1.165, 1.54) is 6.07 Å². The zero-order valence-corrected chi connectivity index (χ0v) is 9.95. The van der Waals surface area contributed by atoms with Crippen LogP contribution in [-0.2, 0) is 0 Å². The van der Waals surface area contributed by atoms with Crippen molar-refractivity contribution in [1.29, 1.82) is 0 Å². The molecule has 0 bridgehead atoms. The van der Waals surface area contributed by atoms with Crippen LogP contribution < -0.4 is 0 Å². The van der Waals surface area contributed by atoms with E-state index in [1.54, 1.807) is 0 Å². The number of hydrogen-bond donors (Lipinski definition) is 2. The summed E-state index contributed by atoms with van der Waals surface area (Å²) in [5, 5.41) is 22.2. The molecule has 0 amide bonds. The van der Waals surface area contributed by atoms with Crippen LogP contribution in [0.15, 0.2) is 29.4 Å². The minimum Gasteiger partial charge on any atom is -0.390 e. The average molecular weight is 289 g/mol. The largest absolute Gasteiger partial charge is 0.454 e. The minimum absolute atomic E-state index is 0.0826. The van der Waals surface area contributed by atoms with Crippen molar-refractivity contribution in [1.82, 2.24) is 0 Å². The van der Waals surface area contributed by atoms with Gasteiger partial charge in [0.25, 0.3) is 5.78 Å². The Morgan fingerprint density at radius 1 is 1.40 bits per heavy atom. The lowest BCUT2D eigenvalue weighted by molar-refractivity contribution is -0.0885. The van der Waals surface area contributed by atoms with Crippen molar-refractivity contribution in [3.63, 3.8) is 0 Å². The number of ketones is 1. The van der Waals surface area contributed by atoms with Crippen molar-refractivity contribution >= 4 is 5.78 Å². The lowest BCUT2D eigenvalue weighted by Gasteiger charge is -2.17. The number of nitrogens with zero attached hydrogens (tertiary/aromatic N) is 3. The normalized spacial score (nSPS) is 14.2. The van der Waals surface area contributed by atoms with Crippen molar-refractivity contribution in [2.45, 2.75) is 18.4 Å². The van der Waals surface area contributed by atoms with Gasteiger partial charge >= 0.3 is 6.18 Å². The summed E-state index contributed by atoms with van der Waals surface area (Å²) in [6.07, 6.45) is -8.07. The van der Waals surface area contributed by atoms with Crippen molar-refractivity contribution < 1.29 is 28.2 Å². The van der Waals surface area contributed by atoms with Gasteiger partial charge in [0, 0.05) is 10.5 Å². The Kier molecular flexibility index (Phi) is 5.09. The first-order valence-corrected chi connectivity index (χ1v) is 5.36. The fraction of sp³-hybridized carbons (Fsp3) is 0.364. The van der Waals surface area contributed by atoms with Crippen LogP contribution >= 0.6 is 0 Å². The predicted octanol–water partition coefficient (Wildman–Crippen LogP) is 2.14. The monoisotopic (exact) mass is 289 g/mol. The third-order valence-electron chi connectivity index (χ3n) is 2.44. The number of halogens is 3. The van der Waals surface area contributed by atoms with Gasteiger partial charge in [-0.2, -0.15) is 13.2 Å². The highest BCUT2D eigenvalue weighted by atomic mass is 19.4. The summed E-state index contributed by atoms with van der Waals surface area (Å²) in [4.78, 5) is 13.4. The Bertz CT molecular complexity index is 541. The molecule has 0 aromatic heterocycles. The van der Waals surface area contributed by atoms with E-state index >= 15 is 0 Å². The molecule has 2 N–H and O–H groups in total. The van der Waals surface area contributed by atoms with Crippen LogP contribution in [0.2, 0.25) is 0 Å². The van der Waals surface area contributed by atoms with Crippen LogP contribution in [0.3, 0.4) is 0 Å². The van der Waals surface area contributed by atoms with E-state index in [0.29, 0.717) is 0 Å². The zero-order chi connectivity index (χ0) is 15.3. The molecule has 0 radical (unpaired) electrons. The molecule has 0 aliphatic carbocycles. The van der Waals surface area contributed by atoms with Gasteiger partial charge in [-0.15, -0.1) is 0 Å². The number of rotatable bonds is 5. The van der Waals surface area contributed by atoms with E-state index in [9.17, 15) is 28.2 Å². The van der Waals surface area contributed by atoms with Crippen molar-refractivity contribution in [3.05, 3.63) is 45.8 Å². The molecule has 1 aromatic carbocycles. The highest BCUT2D eigenvalue weighted by Crippen LogP contribution is 2.24. The van der Waals surface area contributed by atoms with Crippen LogP contribution in [0.4, 0.5) is 13.2 Å². The molecular formula is C11H10F3N3O3. The zero-order valence-electron chi connectivity index (χ0n) is 9.95. The van der Waals surface area contributed by atoms with Crippen molar-refractivity contribution in [3.8, 4) is 0 Å². The number of carbonyl (C=O) groups excluding carboxylic acids is 1. The number of azide groups is 1. The second kappa shape index (κ2) is 6.38. The van der Waals surface area contributed by atoms with Crippen LogP contribution in [0, 0.1) is 0 Å². The third-order valence-corrected chi connectivity index (χ3v) is 2.44. The standard InChI is InChI=1S/C11H10F3N3O3/c12-11(13,14)10(20)7-3-1-2-6(4-7)9(19)8(18)5-16-17-15/h1-4,8-9,18-19H,5H2. The molecule has 1 aromatic rings. The van der Waals surface area contributed by atoms with Gasteiger partial charge in [-0.25, -0.2) is 0 Å². The van der Waals surface area contributed by atoms with Gasteiger partial charge in [-0.1, -0.05) is 23.3 Å². The average Bonchev–Trinajstić information content (AvgIpc) is 2.42. The molecule has 2 atom stereocenters. The highest BCUT2D eigenvalue weighted by molar-refractivity contribution is 6.00. The first-order chi connectivity index (χ1) is 9.27. The SMILES string of the molecule is [N-]=[N+]=NCC(O)C(O)c1cccc(C(=O)C(F)(F)F)c1. The first-order valence-electron chi connectivity index (χ1n) is 5.36. The molecule has 108 valence electrons. The molecule has 0 fully saturated rings. The van der Waals surface area contributed by atoms with E-state index in [1.807, 2.05) is 0 Å².